The number of hydrogen-bond acceptors (Lipinski definition) is 3. The van der Waals surface area contributed by atoms with Crippen LogP contribution < -0.4 is 4.90 Å². The van der Waals surface area contributed by atoms with Gasteiger partial charge in [0.25, 0.3) is 0 Å². The average Bonchev–Trinajstić information content (AvgIpc) is 3.45. The van der Waals surface area contributed by atoms with Crippen molar-refractivity contribution in [1.82, 2.24) is 4.90 Å². The summed E-state index contributed by atoms with van der Waals surface area (Å²) in [5.74, 6) is -3.63. The largest absolute Gasteiger partial charge is 0.471 e. The molecule has 5 nitrogen and oxygen atoms in total. The van der Waals surface area contributed by atoms with Gasteiger partial charge in [-0.25, -0.2) is 0 Å². The Kier molecular flexibility index (Phi) is 3.91. The Bertz CT molecular complexity index is 927. The number of hydrogen-bond donors (Lipinski definition) is 0. The summed E-state index contributed by atoms with van der Waals surface area (Å²) in [6.07, 6.45) is -0.253. The highest BCUT2D eigenvalue weighted by Crippen LogP contribution is 2.65. The van der Waals surface area contributed by atoms with Gasteiger partial charge in [-0.2, -0.15) is 13.2 Å². The highest BCUT2D eigenvalue weighted by molar-refractivity contribution is 6.33. The number of carbonyl (C=O) groups excluding carboxylic acids is 3. The molecule has 2 saturated carbocycles. The van der Waals surface area contributed by atoms with Gasteiger partial charge in [0.15, 0.2) is 0 Å². The summed E-state index contributed by atoms with van der Waals surface area (Å²) in [4.78, 5) is 39.4. The molecule has 5 aliphatic rings. The number of halogens is 4. The maximum atomic E-state index is 13.2. The van der Waals surface area contributed by atoms with Crippen LogP contribution in [-0.2, 0) is 14.4 Å². The Labute approximate surface area is 169 Å². The van der Waals surface area contributed by atoms with Crippen LogP contribution in [0.1, 0.15) is 6.42 Å². The normalized spacial score (nSPS) is 34.3. The minimum Gasteiger partial charge on any atom is -0.284 e. The lowest BCUT2D eigenvalue weighted by atomic mass is 9.63. The molecule has 6 rings (SSSR count). The van der Waals surface area contributed by atoms with Gasteiger partial charge in [-0.1, -0.05) is 35.9 Å². The molecule has 3 amide bonds. The Morgan fingerprint density at radius 3 is 2.14 bits per heavy atom. The number of likely N-dealkylation sites (tertiary alicyclic amines) is 1. The SMILES string of the molecule is O=C1C2C3C=CC(C4CC34)C2C(=O)N1CN(C(=O)C(F)(F)F)c1ccccc1Cl. The molecule has 9 heteroatoms. The van der Waals surface area contributed by atoms with Gasteiger partial charge in [0.05, 0.1) is 22.5 Å². The number of imide groups is 1. The highest BCUT2D eigenvalue weighted by atomic mass is 35.5. The number of nitrogens with zero attached hydrogens (tertiary/aromatic N) is 2. The molecular weight excluding hydrogens is 409 g/mol. The topological polar surface area (TPSA) is 57.7 Å². The van der Waals surface area contributed by atoms with Crippen molar-refractivity contribution in [1.29, 1.82) is 0 Å². The Morgan fingerprint density at radius 2 is 1.62 bits per heavy atom. The third kappa shape index (κ3) is 2.64. The first kappa shape index (κ1) is 18.7. The van der Waals surface area contributed by atoms with Gasteiger partial charge in [-0.05, 0) is 42.2 Å². The van der Waals surface area contributed by atoms with E-state index in [1.54, 1.807) is 0 Å². The van der Waals surface area contributed by atoms with Crippen LogP contribution in [0.25, 0.3) is 0 Å². The molecule has 29 heavy (non-hydrogen) atoms. The van der Waals surface area contributed by atoms with Gasteiger partial charge < -0.3 is 0 Å². The van der Waals surface area contributed by atoms with Crippen LogP contribution in [-0.4, -0.2) is 35.5 Å². The fraction of sp³-hybridized carbons (Fsp3) is 0.450. The fourth-order valence-corrected chi connectivity index (χ4v) is 5.61. The van der Waals surface area contributed by atoms with E-state index in [0.717, 1.165) is 11.3 Å². The molecule has 1 saturated heterocycles. The molecule has 0 N–H and O–H groups in total. The van der Waals surface area contributed by atoms with E-state index in [1.165, 1.54) is 24.3 Å². The predicted molar refractivity (Wildman–Crippen MR) is 96.4 cm³/mol. The summed E-state index contributed by atoms with van der Waals surface area (Å²) in [7, 11) is 0. The molecule has 1 heterocycles. The molecule has 4 aliphatic carbocycles. The van der Waals surface area contributed by atoms with E-state index in [-0.39, 0.29) is 22.5 Å². The number of benzene rings is 1. The number of carbonyl (C=O) groups is 3. The minimum absolute atomic E-state index is 0.0523. The smallest absolute Gasteiger partial charge is 0.284 e. The van der Waals surface area contributed by atoms with Gasteiger partial charge in [-0.3, -0.25) is 24.2 Å². The number of alkyl halides is 3. The summed E-state index contributed by atoms with van der Waals surface area (Å²) >= 11 is 6.01. The Hall–Kier alpha value is -2.35. The second-order valence-electron chi connectivity index (χ2n) is 8.08. The minimum atomic E-state index is -5.18. The van der Waals surface area contributed by atoms with E-state index in [4.69, 9.17) is 11.6 Å². The van der Waals surface area contributed by atoms with Gasteiger partial charge in [0.1, 0.15) is 6.67 Å². The van der Waals surface area contributed by atoms with Crippen LogP contribution in [0, 0.1) is 35.5 Å². The quantitative estimate of drug-likeness (QED) is 0.553. The van der Waals surface area contributed by atoms with Crippen molar-refractivity contribution in [2.75, 3.05) is 11.6 Å². The number of amides is 3. The zero-order valence-electron chi connectivity index (χ0n) is 15.0. The Balaban J connectivity index is 1.48. The summed E-state index contributed by atoms with van der Waals surface area (Å²) in [6.45, 7) is -0.804. The van der Waals surface area contributed by atoms with E-state index in [9.17, 15) is 27.6 Å². The van der Waals surface area contributed by atoms with Crippen molar-refractivity contribution in [3.63, 3.8) is 0 Å². The van der Waals surface area contributed by atoms with Gasteiger partial charge in [0, 0.05) is 0 Å². The lowest BCUT2D eigenvalue weighted by Crippen LogP contribution is -2.49. The molecular formula is C20H16ClF3N2O3. The zero-order chi connectivity index (χ0) is 20.7. The first-order chi connectivity index (χ1) is 13.7. The van der Waals surface area contributed by atoms with E-state index in [1.807, 2.05) is 12.2 Å². The summed E-state index contributed by atoms with van der Waals surface area (Å²) in [5.41, 5.74) is -0.198. The van der Waals surface area contributed by atoms with Crippen LogP contribution >= 0.6 is 11.6 Å². The number of para-hydroxylation sites is 1. The lowest BCUT2D eigenvalue weighted by Gasteiger charge is -2.37. The number of allylic oxidation sites excluding steroid dienone is 2. The van der Waals surface area contributed by atoms with E-state index >= 15 is 0 Å². The predicted octanol–water partition coefficient (Wildman–Crippen LogP) is 3.25. The van der Waals surface area contributed by atoms with Crippen molar-refractivity contribution >= 4 is 35.0 Å². The fourth-order valence-electron chi connectivity index (χ4n) is 5.37. The molecule has 3 fully saturated rings. The lowest BCUT2D eigenvalue weighted by molar-refractivity contribution is -0.171. The van der Waals surface area contributed by atoms with Gasteiger partial charge in [0.2, 0.25) is 11.8 Å². The van der Waals surface area contributed by atoms with Crippen molar-refractivity contribution in [3.8, 4) is 0 Å². The van der Waals surface area contributed by atoms with Gasteiger partial charge in [-0.15, -0.1) is 0 Å². The molecule has 1 aromatic rings. The second-order valence-corrected chi connectivity index (χ2v) is 8.49. The van der Waals surface area contributed by atoms with Crippen molar-refractivity contribution in [2.24, 2.45) is 35.5 Å². The molecule has 6 atom stereocenters. The molecule has 1 aromatic carbocycles. The zero-order valence-corrected chi connectivity index (χ0v) is 15.7. The Morgan fingerprint density at radius 1 is 1.07 bits per heavy atom. The third-order valence-corrected chi connectivity index (χ3v) is 6.99. The molecule has 1 aliphatic heterocycles. The molecule has 0 aromatic heterocycles. The molecule has 0 spiro atoms. The van der Waals surface area contributed by atoms with E-state index in [0.29, 0.717) is 16.7 Å². The number of anilines is 1. The van der Waals surface area contributed by atoms with Crippen molar-refractivity contribution < 1.29 is 27.6 Å². The van der Waals surface area contributed by atoms with Crippen LogP contribution in [0.2, 0.25) is 5.02 Å². The first-order valence-electron chi connectivity index (χ1n) is 9.37. The van der Waals surface area contributed by atoms with Crippen LogP contribution in [0.3, 0.4) is 0 Å². The first-order valence-corrected chi connectivity index (χ1v) is 9.74. The maximum Gasteiger partial charge on any atom is 0.471 e. The van der Waals surface area contributed by atoms with Crippen molar-refractivity contribution in [3.05, 3.63) is 41.4 Å². The molecule has 0 radical (unpaired) electrons. The third-order valence-electron chi connectivity index (χ3n) is 6.67. The molecule has 152 valence electrons. The maximum absolute atomic E-state index is 13.2. The average molecular weight is 425 g/mol. The van der Waals surface area contributed by atoms with Crippen molar-refractivity contribution in [2.45, 2.75) is 12.6 Å². The van der Waals surface area contributed by atoms with E-state index in [2.05, 4.69) is 0 Å². The monoisotopic (exact) mass is 424 g/mol. The molecule has 6 unspecified atom stereocenters. The standard InChI is InChI=1S/C20H16ClF3N2O3/c21-13-3-1-2-4-14(13)25(19(29)20(22,23)24)8-26-17(27)15-9-5-6-10(12-7-11(9)12)16(15)18(26)28/h1-6,9-12,15-16H,7-8H2. The highest BCUT2D eigenvalue weighted by Gasteiger charge is 2.67. The summed E-state index contributed by atoms with van der Waals surface area (Å²) < 4.78 is 39.7. The van der Waals surface area contributed by atoms with E-state index < -0.39 is 42.4 Å². The summed E-state index contributed by atoms with van der Waals surface area (Å²) in [5, 5.41) is -0.0791. The summed E-state index contributed by atoms with van der Waals surface area (Å²) in [6, 6.07) is 5.55. The van der Waals surface area contributed by atoms with Crippen LogP contribution in [0.4, 0.5) is 18.9 Å². The second kappa shape index (κ2) is 6.08. The number of rotatable bonds is 3. The van der Waals surface area contributed by atoms with Crippen LogP contribution in [0.15, 0.2) is 36.4 Å². The van der Waals surface area contributed by atoms with Gasteiger partial charge >= 0.3 is 12.1 Å². The van der Waals surface area contributed by atoms with Crippen LogP contribution in [0.5, 0.6) is 0 Å². The molecule has 2 bridgehead atoms.